The third-order valence-corrected chi connectivity index (χ3v) is 34.1. The van der Waals surface area contributed by atoms with Crippen molar-refractivity contribution in [2.24, 2.45) is 0 Å². The molecule has 236 valence electrons. The second-order valence-electron chi connectivity index (χ2n) is 16.2. The first kappa shape index (κ1) is 39.9. The summed E-state index contributed by atoms with van der Waals surface area (Å²) in [5.74, 6) is 0. The average molecular weight is 639 g/mol. The van der Waals surface area contributed by atoms with E-state index in [0.29, 0.717) is 0 Å². The zero-order valence-corrected chi connectivity index (χ0v) is 34.7. The molecule has 0 aromatic carbocycles. The molecule has 0 rings (SSSR count). The normalized spacial score (nSPS) is 15.2. The van der Waals surface area contributed by atoms with Gasteiger partial charge in [0.2, 0.25) is 0 Å². The lowest BCUT2D eigenvalue weighted by atomic mass is 10.2. The lowest BCUT2D eigenvalue weighted by Gasteiger charge is -2.52. The molecule has 0 saturated carbocycles. The van der Waals surface area contributed by atoms with Gasteiger partial charge in [-0.25, -0.2) is 0 Å². The van der Waals surface area contributed by atoms with Gasteiger partial charge in [-0.15, -0.1) is 0 Å². The molecule has 10 heteroatoms. The van der Waals surface area contributed by atoms with Crippen molar-refractivity contribution in [3.63, 3.8) is 0 Å². The van der Waals surface area contributed by atoms with Crippen LogP contribution in [0.1, 0.15) is 102 Å². The fourth-order valence-corrected chi connectivity index (χ4v) is 22.8. The molecular formula is C29H70O5Si5. The Morgan fingerprint density at radius 1 is 0.436 bits per heavy atom. The number of rotatable bonds is 17. The second kappa shape index (κ2) is 14.6. The van der Waals surface area contributed by atoms with Gasteiger partial charge in [0.15, 0.2) is 25.0 Å². The Morgan fingerprint density at radius 2 is 0.718 bits per heavy atom. The van der Waals surface area contributed by atoms with Crippen molar-refractivity contribution in [3.8, 4) is 0 Å². The fraction of sp³-hybridized carbons (Fsp3) is 1.00. The molecule has 0 saturated heterocycles. The molecule has 0 aromatic rings. The zero-order valence-electron chi connectivity index (χ0n) is 29.7. The molecule has 0 atom stereocenters. The van der Waals surface area contributed by atoms with Crippen molar-refractivity contribution in [2.45, 2.75) is 175 Å². The fourth-order valence-electron chi connectivity index (χ4n) is 3.78. The van der Waals surface area contributed by atoms with Crippen molar-refractivity contribution in [1.29, 1.82) is 0 Å². The summed E-state index contributed by atoms with van der Waals surface area (Å²) < 4.78 is 34.5. The SMILES string of the molecule is CCO[Si](C)(CCCCCC[Si](O[Si](C)(C)C(C)(C)C)(O[Si](C)(C)C(C)(C)C)O[Si](C)(C)C(C)(C)C)OCC. The van der Waals surface area contributed by atoms with Gasteiger partial charge in [-0.05, 0) is 87.3 Å². The molecule has 0 spiro atoms. The van der Waals surface area contributed by atoms with Crippen molar-refractivity contribution in [3.05, 3.63) is 0 Å². The van der Waals surface area contributed by atoms with Crippen LogP contribution in [0.5, 0.6) is 0 Å². The standard InChI is InChI=1S/C29H70O5Si5/c1-19-30-38(18,31-20-2)25-23-21-22-24-26-39(32-35(12,13)27(3,4)5,33-36(14,15)28(6,7)8)34-37(16,17)29(9,10)11/h19-26H2,1-18H3. The predicted octanol–water partition coefficient (Wildman–Crippen LogP) is 10.7. The quantitative estimate of drug-likeness (QED) is 0.117. The van der Waals surface area contributed by atoms with E-state index in [9.17, 15) is 0 Å². The van der Waals surface area contributed by atoms with Crippen molar-refractivity contribution >= 4 is 42.3 Å². The summed E-state index contributed by atoms with van der Waals surface area (Å²) in [5, 5.41) is 0.269. The molecule has 0 aliphatic heterocycles. The van der Waals surface area contributed by atoms with E-state index in [1.807, 2.05) is 0 Å². The maximum absolute atomic E-state index is 7.45. The first-order chi connectivity index (χ1) is 17.2. The summed E-state index contributed by atoms with van der Waals surface area (Å²) in [4.78, 5) is 0. The first-order valence-corrected chi connectivity index (χ1v) is 28.8. The Kier molecular flexibility index (Phi) is 14.9. The summed E-state index contributed by atoms with van der Waals surface area (Å²) in [5.41, 5.74) is 0. The van der Waals surface area contributed by atoms with Gasteiger partial charge in [-0.2, -0.15) is 0 Å². The Morgan fingerprint density at radius 3 is 0.974 bits per heavy atom. The van der Waals surface area contributed by atoms with Crippen molar-refractivity contribution < 1.29 is 21.2 Å². The van der Waals surface area contributed by atoms with Crippen LogP contribution < -0.4 is 0 Å². The van der Waals surface area contributed by atoms with Crippen molar-refractivity contribution in [1.82, 2.24) is 0 Å². The van der Waals surface area contributed by atoms with Crippen LogP contribution in [0.25, 0.3) is 0 Å². The minimum absolute atomic E-state index is 0.0898. The number of hydrogen-bond acceptors (Lipinski definition) is 5. The van der Waals surface area contributed by atoms with E-state index < -0.39 is 42.3 Å². The molecule has 0 unspecified atom stereocenters. The molecule has 39 heavy (non-hydrogen) atoms. The molecule has 0 bridgehead atoms. The summed E-state index contributed by atoms with van der Waals surface area (Å²) in [7, 11) is -11.5. The summed E-state index contributed by atoms with van der Waals surface area (Å²) in [6, 6.07) is 1.96. The summed E-state index contributed by atoms with van der Waals surface area (Å²) in [6.45, 7) is 43.0. The van der Waals surface area contributed by atoms with Gasteiger partial charge in [-0.3, -0.25) is 0 Å². The molecule has 0 N–H and O–H groups in total. The van der Waals surface area contributed by atoms with Gasteiger partial charge in [0, 0.05) is 19.3 Å². The van der Waals surface area contributed by atoms with Crippen LogP contribution in [-0.4, -0.2) is 55.5 Å². The van der Waals surface area contributed by atoms with Gasteiger partial charge in [0.05, 0.1) is 0 Å². The highest BCUT2D eigenvalue weighted by atomic mass is 28.5. The molecule has 0 aliphatic carbocycles. The number of unbranched alkanes of at least 4 members (excludes halogenated alkanes) is 3. The second-order valence-corrected chi connectivity index (χ2v) is 37.4. The van der Waals surface area contributed by atoms with Crippen LogP contribution in [0, 0.1) is 0 Å². The van der Waals surface area contributed by atoms with Crippen LogP contribution >= 0.6 is 0 Å². The Balaban J connectivity index is 6.16. The van der Waals surface area contributed by atoms with E-state index in [1.165, 1.54) is 6.42 Å². The van der Waals surface area contributed by atoms with E-state index in [1.54, 1.807) is 0 Å². The van der Waals surface area contributed by atoms with Gasteiger partial charge in [0.1, 0.15) is 0 Å². The third kappa shape index (κ3) is 12.6. The van der Waals surface area contributed by atoms with E-state index in [0.717, 1.165) is 44.6 Å². The molecule has 0 heterocycles. The van der Waals surface area contributed by atoms with Crippen molar-refractivity contribution in [2.75, 3.05) is 13.2 Å². The van der Waals surface area contributed by atoms with E-state index in [2.05, 4.69) is 122 Å². The summed E-state index contributed by atoms with van der Waals surface area (Å²) in [6.07, 6.45) is 4.55. The highest BCUT2D eigenvalue weighted by Crippen LogP contribution is 2.47. The molecule has 0 aromatic heterocycles. The summed E-state index contributed by atoms with van der Waals surface area (Å²) >= 11 is 0. The van der Waals surface area contributed by atoms with E-state index in [4.69, 9.17) is 21.2 Å². The minimum Gasteiger partial charge on any atom is -0.416 e. The van der Waals surface area contributed by atoms with E-state index in [-0.39, 0.29) is 15.1 Å². The minimum atomic E-state index is -3.01. The highest BCUT2D eigenvalue weighted by molar-refractivity contribution is 6.92. The predicted molar refractivity (Wildman–Crippen MR) is 184 cm³/mol. The van der Waals surface area contributed by atoms with Crippen LogP contribution in [0.3, 0.4) is 0 Å². The Labute approximate surface area is 250 Å². The largest absolute Gasteiger partial charge is 0.469 e. The molecule has 5 nitrogen and oxygen atoms in total. The third-order valence-electron chi connectivity index (χ3n) is 9.41. The van der Waals surface area contributed by atoms with Crippen LogP contribution in [0.4, 0.5) is 0 Å². The first-order valence-electron chi connectivity index (χ1n) is 15.6. The molecular weight excluding hydrogens is 569 g/mol. The molecule has 0 aliphatic rings. The van der Waals surface area contributed by atoms with Crippen LogP contribution in [0.2, 0.25) is 73.0 Å². The average Bonchev–Trinajstić information content (AvgIpc) is 2.67. The van der Waals surface area contributed by atoms with Gasteiger partial charge >= 0.3 is 17.4 Å². The van der Waals surface area contributed by atoms with Gasteiger partial charge in [-0.1, -0.05) is 81.6 Å². The highest BCUT2D eigenvalue weighted by Gasteiger charge is 2.57. The molecule has 0 radical (unpaired) electrons. The lowest BCUT2D eigenvalue weighted by molar-refractivity contribution is 0.188. The zero-order chi connectivity index (χ0) is 31.2. The van der Waals surface area contributed by atoms with E-state index >= 15 is 0 Å². The van der Waals surface area contributed by atoms with Crippen LogP contribution in [0.15, 0.2) is 0 Å². The Bertz CT molecular complexity index is 646. The van der Waals surface area contributed by atoms with Crippen LogP contribution in [-0.2, 0) is 21.2 Å². The maximum Gasteiger partial charge on any atom is 0.469 e. The molecule has 0 fully saturated rings. The molecule has 0 amide bonds. The lowest BCUT2D eigenvalue weighted by Crippen LogP contribution is -2.65. The topological polar surface area (TPSA) is 46.2 Å². The Hall–Kier alpha value is 0.884. The van der Waals surface area contributed by atoms with Gasteiger partial charge < -0.3 is 21.2 Å². The monoisotopic (exact) mass is 638 g/mol. The maximum atomic E-state index is 7.45. The van der Waals surface area contributed by atoms with Gasteiger partial charge in [0.25, 0.3) is 0 Å². The number of hydrogen-bond donors (Lipinski definition) is 0. The smallest absolute Gasteiger partial charge is 0.416 e.